The lowest BCUT2D eigenvalue weighted by Gasteiger charge is -2.13. The minimum Gasteiger partial charge on any atom is -0.382 e. The molecule has 4 heteroatoms. The minimum atomic E-state index is 0.169. The topological polar surface area (TPSA) is 53.1 Å². The number of rotatable bonds is 8. The summed E-state index contributed by atoms with van der Waals surface area (Å²) in [5.41, 5.74) is 7.21. The van der Waals surface area contributed by atoms with Gasteiger partial charge in [0, 0.05) is 31.8 Å². The highest BCUT2D eigenvalue weighted by Crippen LogP contribution is 2.11. The molecule has 3 unspecified atom stereocenters. The normalized spacial score (nSPS) is 16.5. The predicted octanol–water partition coefficient (Wildman–Crippen LogP) is 2.54. The van der Waals surface area contributed by atoms with Crippen molar-refractivity contribution in [2.45, 2.75) is 64.6 Å². The van der Waals surface area contributed by atoms with Crippen LogP contribution in [0.4, 0.5) is 0 Å². The molecule has 4 nitrogen and oxygen atoms in total. The standard InChI is InChI=1S/C14H27N3O/c1-5-11(2)17-9-8-14(16-17)10-13(15)7-6-12(3)18-4/h8-9,11-13H,5-7,10,15H2,1-4H3. The molecule has 0 aliphatic rings. The van der Waals surface area contributed by atoms with Gasteiger partial charge in [-0.15, -0.1) is 0 Å². The number of aromatic nitrogens is 2. The summed E-state index contributed by atoms with van der Waals surface area (Å²) in [7, 11) is 1.74. The van der Waals surface area contributed by atoms with Crippen LogP contribution in [0.2, 0.25) is 0 Å². The van der Waals surface area contributed by atoms with Crippen LogP contribution in [0.15, 0.2) is 12.3 Å². The van der Waals surface area contributed by atoms with Gasteiger partial charge in [-0.05, 0) is 39.2 Å². The molecule has 1 aromatic heterocycles. The Morgan fingerprint density at radius 1 is 1.39 bits per heavy atom. The summed E-state index contributed by atoms with van der Waals surface area (Å²) in [5.74, 6) is 0. The van der Waals surface area contributed by atoms with Crippen molar-refractivity contribution in [3.8, 4) is 0 Å². The smallest absolute Gasteiger partial charge is 0.0640 e. The first-order chi connectivity index (χ1) is 8.56. The van der Waals surface area contributed by atoms with Crippen molar-refractivity contribution in [2.24, 2.45) is 5.73 Å². The molecule has 0 bridgehead atoms. The van der Waals surface area contributed by atoms with Gasteiger partial charge in [-0.2, -0.15) is 5.10 Å². The van der Waals surface area contributed by atoms with Gasteiger partial charge < -0.3 is 10.5 Å². The van der Waals surface area contributed by atoms with Gasteiger partial charge in [0.2, 0.25) is 0 Å². The molecule has 2 N–H and O–H groups in total. The molecule has 0 aromatic carbocycles. The van der Waals surface area contributed by atoms with Crippen molar-refractivity contribution in [1.82, 2.24) is 9.78 Å². The summed E-state index contributed by atoms with van der Waals surface area (Å²) in [5, 5.41) is 4.57. The fourth-order valence-corrected chi connectivity index (χ4v) is 1.86. The summed E-state index contributed by atoms with van der Waals surface area (Å²) in [4.78, 5) is 0. The summed E-state index contributed by atoms with van der Waals surface area (Å²) < 4.78 is 7.25. The van der Waals surface area contributed by atoms with E-state index in [9.17, 15) is 0 Å². The van der Waals surface area contributed by atoms with Crippen molar-refractivity contribution in [3.63, 3.8) is 0 Å². The number of hydrogen-bond acceptors (Lipinski definition) is 3. The Kier molecular flexibility index (Phi) is 6.36. The molecule has 3 atom stereocenters. The minimum absolute atomic E-state index is 0.169. The van der Waals surface area contributed by atoms with E-state index in [0.29, 0.717) is 6.04 Å². The van der Waals surface area contributed by atoms with Gasteiger partial charge in [0.05, 0.1) is 11.8 Å². The van der Waals surface area contributed by atoms with Crippen LogP contribution in [0.5, 0.6) is 0 Å². The Balaban J connectivity index is 2.39. The zero-order chi connectivity index (χ0) is 13.5. The van der Waals surface area contributed by atoms with Crippen LogP contribution in [-0.4, -0.2) is 29.0 Å². The number of ether oxygens (including phenoxy) is 1. The summed E-state index contributed by atoms with van der Waals surface area (Å²) in [6.45, 7) is 6.42. The lowest BCUT2D eigenvalue weighted by molar-refractivity contribution is 0.107. The molecule has 18 heavy (non-hydrogen) atoms. The Labute approximate surface area is 111 Å². The molecule has 0 radical (unpaired) electrons. The van der Waals surface area contributed by atoms with Crippen LogP contribution in [0.3, 0.4) is 0 Å². The zero-order valence-corrected chi connectivity index (χ0v) is 12.1. The van der Waals surface area contributed by atoms with E-state index in [1.807, 2.05) is 10.9 Å². The van der Waals surface area contributed by atoms with Gasteiger partial charge in [-0.25, -0.2) is 0 Å². The van der Waals surface area contributed by atoms with Crippen LogP contribution in [0, 0.1) is 0 Å². The lowest BCUT2D eigenvalue weighted by atomic mass is 10.1. The van der Waals surface area contributed by atoms with Crippen molar-refractivity contribution in [1.29, 1.82) is 0 Å². The Morgan fingerprint density at radius 3 is 2.72 bits per heavy atom. The molecule has 0 saturated carbocycles. The van der Waals surface area contributed by atoms with Crippen molar-refractivity contribution in [3.05, 3.63) is 18.0 Å². The fourth-order valence-electron chi connectivity index (χ4n) is 1.86. The number of nitrogens with two attached hydrogens (primary N) is 1. The highest BCUT2D eigenvalue weighted by atomic mass is 16.5. The SMILES string of the molecule is CCC(C)n1ccc(CC(N)CCC(C)OC)n1. The van der Waals surface area contributed by atoms with Gasteiger partial charge in [0.15, 0.2) is 0 Å². The second-order valence-electron chi connectivity index (χ2n) is 5.13. The molecule has 1 rings (SSSR count). The molecule has 0 amide bonds. The molecule has 104 valence electrons. The van der Waals surface area contributed by atoms with Gasteiger partial charge in [0.25, 0.3) is 0 Å². The Morgan fingerprint density at radius 2 is 2.11 bits per heavy atom. The Bertz CT molecular complexity index is 338. The molecular weight excluding hydrogens is 226 g/mol. The van der Waals surface area contributed by atoms with Crippen LogP contribution >= 0.6 is 0 Å². The van der Waals surface area contributed by atoms with Crippen LogP contribution in [-0.2, 0) is 11.2 Å². The van der Waals surface area contributed by atoms with Gasteiger partial charge >= 0.3 is 0 Å². The fraction of sp³-hybridized carbons (Fsp3) is 0.786. The number of methoxy groups -OCH3 is 1. The maximum atomic E-state index is 6.12. The number of hydrogen-bond donors (Lipinski definition) is 1. The van der Waals surface area contributed by atoms with Gasteiger partial charge in [0.1, 0.15) is 0 Å². The molecule has 0 spiro atoms. The van der Waals surface area contributed by atoms with Gasteiger partial charge in [-0.1, -0.05) is 6.92 Å². The van der Waals surface area contributed by atoms with Crippen molar-refractivity contribution >= 4 is 0 Å². The van der Waals surface area contributed by atoms with E-state index < -0.39 is 0 Å². The van der Waals surface area contributed by atoms with E-state index in [-0.39, 0.29) is 12.1 Å². The predicted molar refractivity (Wildman–Crippen MR) is 74.6 cm³/mol. The third-order valence-electron chi connectivity index (χ3n) is 3.52. The summed E-state index contributed by atoms with van der Waals surface area (Å²) >= 11 is 0. The second-order valence-corrected chi connectivity index (χ2v) is 5.13. The van der Waals surface area contributed by atoms with E-state index in [4.69, 9.17) is 10.5 Å². The third-order valence-corrected chi connectivity index (χ3v) is 3.52. The van der Waals surface area contributed by atoms with E-state index in [1.54, 1.807) is 7.11 Å². The van der Waals surface area contributed by atoms with Crippen molar-refractivity contribution in [2.75, 3.05) is 7.11 Å². The first-order valence-electron chi connectivity index (χ1n) is 6.89. The maximum Gasteiger partial charge on any atom is 0.0640 e. The molecule has 0 aliphatic heterocycles. The third kappa shape index (κ3) is 4.78. The molecule has 1 aromatic rings. The number of nitrogens with zero attached hydrogens (tertiary/aromatic N) is 2. The highest BCUT2D eigenvalue weighted by Gasteiger charge is 2.10. The first-order valence-corrected chi connectivity index (χ1v) is 6.89. The molecule has 0 saturated heterocycles. The average molecular weight is 253 g/mol. The quantitative estimate of drug-likeness (QED) is 0.774. The zero-order valence-electron chi connectivity index (χ0n) is 12.1. The largest absolute Gasteiger partial charge is 0.382 e. The maximum absolute atomic E-state index is 6.12. The van der Waals surface area contributed by atoms with E-state index in [0.717, 1.165) is 31.4 Å². The van der Waals surface area contributed by atoms with Crippen LogP contribution < -0.4 is 5.73 Å². The van der Waals surface area contributed by atoms with Crippen LogP contribution in [0.1, 0.15) is 51.8 Å². The van der Waals surface area contributed by atoms with Gasteiger partial charge in [-0.3, -0.25) is 4.68 Å². The highest BCUT2D eigenvalue weighted by molar-refractivity contribution is 5.01. The first kappa shape index (κ1) is 15.2. The average Bonchev–Trinajstić information content (AvgIpc) is 2.83. The summed E-state index contributed by atoms with van der Waals surface area (Å²) in [6.07, 6.45) is 6.26. The molecule has 0 aliphatic carbocycles. The van der Waals surface area contributed by atoms with Crippen molar-refractivity contribution < 1.29 is 4.74 Å². The van der Waals surface area contributed by atoms with Crippen LogP contribution in [0.25, 0.3) is 0 Å². The van der Waals surface area contributed by atoms with E-state index in [1.165, 1.54) is 0 Å². The summed E-state index contributed by atoms with van der Waals surface area (Å²) in [6, 6.07) is 2.71. The molecule has 0 fully saturated rings. The Hall–Kier alpha value is -0.870. The lowest BCUT2D eigenvalue weighted by Crippen LogP contribution is -2.25. The monoisotopic (exact) mass is 253 g/mol. The van der Waals surface area contributed by atoms with E-state index >= 15 is 0 Å². The molecular formula is C14H27N3O. The van der Waals surface area contributed by atoms with E-state index in [2.05, 4.69) is 31.9 Å². The second kappa shape index (κ2) is 7.54. The molecule has 1 heterocycles.